The first kappa shape index (κ1) is 31.3. The third-order valence-corrected chi connectivity index (χ3v) is 7.84. The van der Waals surface area contributed by atoms with Crippen LogP contribution in [0.25, 0.3) is 11.1 Å². The van der Waals surface area contributed by atoms with E-state index in [9.17, 15) is 22.8 Å². The van der Waals surface area contributed by atoms with E-state index in [1.807, 2.05) is 37.6 Å². The minimum atomic E-state index is -5.04. The summed E-state index contributed by atoms with van der Waals surface area (Å²) in [5.74, 6) is -3.17. The highest BCUT2D eigenvalue weighted by Crippen LogP contribution is 2.39. The van der Waals surface area contributed by atoms with E-state index in [0.29, 0.717) is 44.9 Å². The minimum Gasteiger partial charge on any atom is -0.372 e. The summed E-state index contributed by atoms with van der Waals surface area (Å²) >= 11 is 0. The van der Waals surface area contributed by atoms with Crippen LogP contribution in [0.5, 0.6) is 0 Å². The molecule has 3 aromatic rings. The van der Waals surface area contributed by atoms with E-state index in [2.05, 4.69) is 20.3 Å². The highest BCUT2D eigenvalue weighted by Gasteiger charge is 2.37. The molecule has 236 valence electrons. The molecule has 44 heavy (non-hydrogen) atoms. The number of morpholine rings is 1. The number of amides is 1. The Balaban J connectivity index is 1.57. The van der Waals surface area contributed by atoms with Gasteiger partial charge in [0.1, 0.15) is 11.5 Å². The third kappa shape index (κ3) is 6.38. The Labute approximate surface area is 249 Å². The lowest BCUT2D eigenvalue weighted by atomic mass is 10.0. The minimum absolute atomic E-state index is 0.0271. The van der Waals surface area contributed by atoms with Crippen molar-refractivity contribution >= 4 is 23.2 Å². The van der Waals surface area contributed by atoms with Crippen LogP contribution >= 0.6 is 0 Å². The molecule has 1 aromatic carbocycles. The Bertz CT molecular complexity index is 1590. The van der Waals surface area contributed by atoms with Crippen molar-refractivity contribution in [2.75, 3.05) is 54.9 Å². The van der Waals surface area contributed by atoms with Crippen LogP contribution in [-0.2, 0) is 10.9 Å². The summed E-state index contributed by atoms with van der Waals surface area (Å²) < 4.78 is 79.0. The number of nitrogens with one attached hydrogen (secondary N) is 2. The molecular formula is C29H32F5N7O3. The molecule has 0 saturated carbocycles. The Hall–Kier alpha value is -4.11. The van der Waals surface area contributed by atoms with Gasteiger partial charge in [-0.25, -0.2) is 18.7 Å². The van der Waals surface area contributed by atoms with E-state index < -0.39 is 51.7 Å². The molecule has 2 aromatic heterocycles. The largest absolute Gasteiger partial charge is 0.417 e. The van der Waals surface area contributed by atoms with Crippen LogP contribution < -0.4 is 20.7 Å². The monoisotopic (exact) mass is 621 g/mol. The van der Waals surface area contributed by atoms with E-state index in [4.69, 9.17) is 4.74 Å². The van der Waals surface area contributed by atoms with Gasteiger partial charge in [-0.3, -0.25) is 9.59 Å². The lowest BCUT2D eigenvalue weighted by molar-refractivity contribution is -0.138. The number of benzene rings is 1. The van der Waals surface area contributed by atoms with Crippen molar-refractivity contribution in [2.24, 2.45) is 0 Å². The van der Waals surface area contributed by atoms with E-state index in [-0.39, 0.29) is 35.6 Å². The molecule has 10 nitrogen and oxygen atoms in total. The predicted molar refractivity (Wildman–Crippen MR) is 154 cm³/mol. The standard InChI is InChI=1S/C29H32F5N7O3/c1-15-12-40(6-5-39(15)4)22-8-21(30)24(18-9-36-28(37-10-18)41-13-16(2)44-17(3)14-41)25(31)26(22)38-27(43)19-11-35-23(42)7-20(19)29(32,33)34/h7-11,15-17H,5-6,12-14H2,1-4H3,(H,35,42)(H,38,43)/t15-,16-,17-/m0/s1. The number of piperazine rings is 1. The first-order valence-electron chi connectivity index (χ1n) is 14.0. The number of aromatic nitrogens is 3. The van der Waals surface area contributed by atoms with Gasteiger partial charge in [-0.1, -0.05) is 0 Å². The second-order valence-electron chi connectivity index (χ2n) is 11.2. The molecule has 1 amide bonds. The maximum Gasteiger partial charge on any atom is 0.417 e. The quantitative estimate of drug-likeness (QED) is 0.410. The maximum absolute atomic E-state index is 16.4. The molecule has 15 heteroatoms. The second-order valence-corrected chi connectivity index (χ2v) is 11.2. The zero-order valence-corrected chi connectivity index (χ0v) is 24.5. The molecule has 4 heterocycles. The summed E-state index contributed by atoms with van der Waals surface area (Å²) in [6, 6.07) is 1.27. The van der Waals surface area contributed by atoms with Gasteiger partial charge in [0, 0.05) is 75.1 Å². The number of alkyl halides is 3. The number of carbonyl (C=O) groups excluding carboxylic acids is 1. The van der Waals surface area contributed by atoms with Crippen LogP contribution in [0.15, 0.2) is 35.5 Å². The first-order chi connectivity index (χ1) is 20.7. The van der Waals surface area contributed by atoms with E-state index in [1.165, 1.54) is 12.4 Å². The van der Waals surface area contributed by atoms with Crippen molar-refractivity contribution in [3.8, 4) is 11.1 Å². The number of aromatic amines is 1. The number of hydrogen-bond acceptors (Lipinski definition) is 8. The van der Waals surface area contributed by atoms with Crippen molar-refractivity contribution in [2.45, 2.75) is 45.2 Å². The van der Waals surface area contributed by atoms with Crippen LogP contribution in [0.3, 0.4) is 0 Å². The summed E-state index contributed by atoms with van der Waals surface area (Å²) in [4.78, 5) is 41.1. The lowest BCUT2D eigenvalue weighted by Crippen LogP contribution is -2.50. The summed E-state index contributed by atoms with van der Waals surface area (Å²) in [6.45, 7) is 7.97. The molecule has 0 aliphatic carbocycles. The molecule has 0 spiro atoms. The zero-order chi connectivity index (χ0) is 31.9. The normalized spacial score (nSPS) is 21.4. The van der Waals surface area contributed by atoms with Crippen molar-refractivity contribution in [3.63, 3.8) is 0 Å². The van der Waals surface area contributed by atoms with Crippen LogP contribution in [0, 0.1) is 11.6 Å². The van der Waals surface area contributed by atoms with Gasteiger partial charge < -0.3 is 29.7 Å². The van der Waals surface area contributed by atoms with Crippen LogP contribution in [0.4, 0.5) is 39.3 Å². The molecule has 3 atom stereocenters. The Morgan fingerprint density at radius 3 is 2.30 bits per heavy atom. The molecule has 0 unspecified atom stereocenters. The molecule has 2 aliphatic rings. The van der Waals surface area contributed by atoms with Gasteiger partial charge in [-0.15, -0.1) is 0 Å². The molecular weight excluding hydrogens is 589 g/mol. The number of hydrogen-bond donors (Lipinski definition) is 2. The van der Waals surface area contributed by atoms with Gasteiger partial charge in [0.2, 0.25) is 11.5 Å². The van der Waals surface area contributed by atoms with Crippen LogP contribution in [0.2, 0.25) is 0 Å². The van der Waals surface area contributed by atoms with Gasteiger partial charge in [0.25, 0.3) is 5.91 Å². The lowest BCUT2D eigenvalue weighted by Gasteiger charge is -2.39. The summed E-state index contributed by atoms with van der Waals surface area (Å²) in [5, 5.41) is 2.24. The Morgan fingerprint density at radius 2 is 1.68 bits per heavy atom. The van der Waals surface area contributed by atoms with Crippen molar-refractivity contribution in [1.29, 1.82) is 0 Å². The van der Waals surface area contributed by atoms with Crippen LogP contribution in [-0.4, -0.2) is 83.8 Å². The SMILES string of the molecule is C[C@H]1CN(c2ncc(-c3c(F)cc(N4CCN(C)[C@@H](C)C4)c(NC(=O)c4c[nH]c(=O)cc4C(F)(F)F)c3F)cn2)C[C@H](C)O1. The van der Waals surface area contributed by atoms with Gasteiger partial charge >= 0.3 is 6.18 Å². The predicted octanol–water partition coefficient (Wildman–Crippen LogP) is 4.14. The number of halogens is 5. The van der Waals surface area contributed by atoms with E-state index >= 15 is 8.78 Å². The Kier molecular flexibility index (Phi) is 8.62. The molecule has 2 fully saturated rings. The highest BCUT2D eigenvalue weighted by molar-refractivity contribution is 6.07. The number of nitrogens with zero attached hydrogens (tertiary/aromatic N) is 5. The van der Waals surface area contributed by atoms with E-state index in [0.717, 1.165) is 6.07 Å². The topological polar surface area (TPSA) is 107 Å². The maximum atomic E-state index is 16.4. The van der Waals surface area contributed by atoms with Gasteiger partial charge in [0.15, 0.2) is 5.82 Å². The molecule has 2 saturated heterocycles. The van der Waals surface area contributed by atoms with Gasteiger partial charge in [-0.2, -0.15) is 13.2 Å². The average Bonchev–Trinajstić information content (AvgIpc) is 2.95. The van der Waals surface area contributed by atoms with Crippen molar-refractivity contribution in [1.82, 2.24) is 19.9 Å². The molecule has 2 N–H and O–H groups in total. The number of likely N-dealkylation sites (N-methyl/N-ethyl adjacent to an activating group) is 1. The van der Waals surface area contributed by atoms with Crippen molar-refractivity contribution < 1.29 is 31.5 Å². The van der Waals surface area contributed by atoms with Crippen molar-refractivity contribution in [3.05, 3.63) is 63.8 Å². The fourth-order valence-corrected chi connectivity index (χ4v) is 5.54. The van der Waals surface area contributed by atoms with Gasteiger partial charge in [0.05, 0.1) is 34.6 Å². The number of rotatable bonds is 5. The summed E-state index contributed by atoms with van der Waals surface area (Å²) in [5.41, 5.74) is -4.63. The first-order valence-corrected chi connectivity index (χ1v) is 14.0. The zero-order valence-electron chi connectivity index (χ0n) is 24.5. The number of carbonyl (C=O) groups is 1. The fraction of sp³-hybridized carbons (Fsp3) is 0.448. The van der Waals surface area contributed by atoms with E-state index in [1.54, 1.807) is 4.90 Å². The summed E-state index contributed by atoms with van der Waals surface area (Å²) in [7, 11) is 1.89. The molecule has 5 rings (SSSR count). The highest BCUT2D eigenvalue weighted by atomic mass is 19.4. The number of anilines is 3. The molecule has 0 bridgehead atoms. The van der Waals surface area contributed by atoms with Crippen LogP contribution in [0.1, 0.15) is 36.7 Å². The second kappa shape index (κ2) is 12.1. The molecule has 0 radical (unpaired) electrons. The fourth-order valence-electron chi connectivity index (χ4n) is 5.54. The average molecular weight is 622 g/mol. The summed E-state index contributed by atoms with van der Waals surface area (Å²) in [6.07, 6.45) is -2.08. The van der Waals surface area contributed by atoms with Gasteiger partial charge in [-0.05, 0) is 27.8 Å². The number of ether oxygens (including phenoxy) is 1. The smallest absolute Gasteiger partial charge is 0.372 e. The number of pyridine rings is 1. The Morgan fingerprint density at radius 1 is 1.02 bits per heavy atom. The number of H-pyrrole nitrogens is 1. The third-order valence-electron chi connectivity index (χ3n) is 7.84. The molecule has 2 aliphatic heterocycles.